The number of oxazole rings is 2. The topological polar surface area (TPSA) is 95.7 Å². The van der Waals surface area contributed by atoms with Crippen molar-refractivity contribution in [3.63, 3.8) is 0 Å². The Bertz CT molecular complexity index is 3980. The van der Waals surface area contributed by atoms with Crippen LogP contribution in [0.4, 0.5) is 0 Å². The van der Waals surface area contributed by atoms with Gasteiger partial charge in [-0.15, -0.1) is 0 Å². The molecule has 0 saturated heterocycles. The second-order valence-corrected chi connectivity index (χ2v) is 17.3. The summed E-state index contributed by atoms with van der Waals surface area (Å²) in [5.41, 5.74) is 12.9. The SMILES string of the molecule is c1ccc2cc(-c3ccc4c(c3)c3cc(-c5ccc6ccccc6c5)ccc3n4-c3nc(-c4ccc(-c5nc6ccccc6o5)cc4)nc(-c4ccc(-c5nc6ccccc6o5)cc4)n3)ccc2c1. The van der Waals surface area contributed by atoms with Crippen LogP contribution in [0.5, 0.6) is 0 Å². The van der Waals surface area contributed by atoms with Crippen LogP contribution < -0.4 is 0 Å². The molecule has 0 fully saturated rings. The van der Waals surface area contributed by atoms with Gasteiger partial charge in [0.05, 0.1) is 11.0 Å². The number of hydrogen-bond acceptors (Lipinski definition) is 7. The van der Waals surface area contributed by atoms with Crippen LogP contribution in [-0.2, 0) is 0 Å². The Morgan fingerprint density at radius 3 is 1.13 bits per heavy atom. The van der Waals surface area contributed by atoms with Gasteiger partial charge in [-0.3, -0.25) is 4.57 Å². The zero-order chi connectivity index (χ0) is 45.4. The number of fused-ring (bicyclic) bond motifs is 7. The Balaban J connectivity index is 0.953. The molecule has 0 N–H and O–H groups in total. The molecule has 8 nitrogen and oxygen atoms in total. The van der Waals surface area contributed by atoms with E-state index in [0.29, 0.717) is 29.4 Å². The lowest BCUT2D eigenvalue weighted by Gasteiger charge is -2.12. The van der Waals surface area contributed by atoms with Crippen molar-refractivity contribution in [2.45, 2.75) is 0 Å². The highest BCUT2D eigenvalue weighted by Crippen LogP contribution is 2.39. The van der Waals surface area contributed by atoms with Gasteiger partial charge in [0, 0.05) is 33.0 Å². The summed E-state index contributed by atoms with van der Waals surface area (Å²) in [7, 11) is 0. The van der Waals surface area contributed by atoms with Crippen LogP contribution in [0.25, 0.3) is 139 Å². The summed E-state index contributed by atoms with van der Waals surface area (Å²) in [6.45, 7) is 0. The van der Waals surface area contributed by atoms with Gasteiger partial charge in [0.1, 0.15) is 11.0 Å². The second-order valence-electron chi connectivity index (χ2n) is 17.3. The van der Waals surface area contributed by atoms with Crippen molar-refractivity contribution in [1.29, 1.82) is 0 Å². The van der Waals surface area contributed by atoms with Crippen molar-refractivity contribution in [3.8, 4) is 73.9 Å². The first-order valence-electron chi connectivity index (χ1n) is 22.9. The average Bonchev–Trinajstić information content (AvgIpc) is 4.15. The summed E-state index contributed by atoms with van der Waals surface area (Å²) in [5.74, 6) is 2.65. The molecule has 0 aliphatic heterocycles. The fourth-order valence-corrected chi connectivity index (χ4v) is 9.57. The number of hydrogen-bond donors (Lipinski definition) is 0. The number of benzene rings is 10. The number of para-hydroxylation sites is 4. The highest BCUT2D eigenvalue weighted by Gasteiger charge is 2.21. The molecule has 0 amide bonds. The molecule has 14 aromatic rings. The lowest BCUT2D eigenvalue weighted by atomic mass is 9.98. The maximum absolute atomic E-state index is 6.13. The quantitative estimate of drug-likeness (QED) is 0.157. The van der Waals surface area contributed by atoms with Crippen LogP contribution in [0.3, 0.4) is 0 Å². The number of aromatic nitrogens is 6. The van der Waals surface area contributed by atoms with Gasteiger partial charge in [-0.25, -0.2) is 15.0 Å². The van der Waals surface area contributed by atoms with Crippen LogP contribution in [0.1, 0.15) is 0 Å². The predicted octanol–water partition coefficient (Wildman–Crippen LogP) is 15.6. The Labute approximate surface area is 394 Å². The zero-order valence-corrected chi connectivity index (χ0v) is 36.8. The fourth-order valence-electron chi connectivity index (χ4n) is 9.57. The lowest BCUT2D eigenvalue weighted by molar-refractivity contribution is 0.619. The highest BCUT2D eigenvalue weighted by atomic mass is 16.4. The molecule has 0 unspecified atom stereocenters. The minimum atomic E-state index is 0.498. The summed E-state index contributed by atoms with van der Waals surface area (Å²) in [6.07, 6.45) is 0. The summed E-state index contributed by atoms with van der Waals surface area (Å²) < 4.78 is 14.4. The van der Waals surface area contributed by atoms with Crippen molar-refractivity contribution in [2.24, 2.45) is 0 Å². The number of nitrogens with zero attached hydrogens (tertiary/aromatic N) is 6. The van der Waals surface area contributed by atoms with Gasteiger partial charge < -0.3 is 8.83 Å². The highest BCUT2D eigenvalue weighted by molar-refractivity contribution is 6.12. The van der Waals surface area contributed by atoms with E-state index in [4.69, 9.17) is 33.8 Å². The smallest absolute Gasteiger partial charge is 0.238 e. The molecule has 69 heavy (non-hydrogen) atoms. The molecular formula is C61H36N6O2. The van der Waals surface area contributed by atoms with Gasteiger partial charge in [0.2, 0.25) is 17.7 Å². The van der Waals surface area contributed by atoms with E-state index in [-0.39, 0.29) is 0 Å². The third-order valence-electron chi connectivity index (χ3n) is 13.1. The Kier molecular flexibility index (Phi) is 8.72. The molecule has 0 aliphatic rings. The molecule has 0 saturated carbocycles. The van der Waals surface area contributed by atoms with Gasteiger partial charge in [-0.1, -0.05) is 133 Å². The average molecular weight is 885 g/mol. The van der Waals surface area contributed by atoms with Crippen molar-refractivity contribution >= 4 is 65.6 Å². The first kappa shape index (κ1) is 38.7. The van der Waals surface area contributed by atoms with Crippen molar-refractivity contribution in [2.75, 3.05) is 0 Å². The third-order valence-corrected chi connectivity index (χ3v) is 13.1. The first-order chi connectivity index (χ1) is 34.1. The molecule has 8 heteroatoms. The number of rotatable bonds is 7. The van der Waals surface area contributed by atoms with E-state index in [1.165, 1.54) is 21.5 Å². The van der Waals surface area contributed by atoms with Gasteiger partial charge in [0.25, 0.3) is 0 Å². The van der Waals surface area contributed by atoms with Gasteiger partial charge in [-0.05, 0) is 129 Å². The molecule has 0 aliphatic carbocycles. The molecule has 322 valence electrons. The molecule has 4 heterocycles. The first-order valence-corrected chi connectivity index (χ1v) is 22.9. The van der Waals surface area contributed by atoms with Crippen molar-refractivity contribution in [1.82, 2.24) is 29.5 Å². The Morgan fingerprint density at radius 2 is 0.667 bits per heavy atom. The van der Waals surface area contributed by atoms with E-state index in [1.807, 2.05) is 97.1 Å². The van der Waals surface area contributed by atoms with E-state index in [9.17, 15) is 0 Å². The normalized spacial score (nSPS) is 11.8. The zero-order valence-electron chi connectivity index (χ0n) is 36.8. The van der Waals surface area contributed by atoms with Crippen LogP contribution in [0.15, 0.2) is 227 Å². The Hall–Kier alpha value is -9.53. The molecule has 0 bridgehead atoms. The van der Waals surface area contributed by atoms with Crippen LogP contribution in [0.2, 0.25) is 0 Å². The summed E-state index contributed by atoms with van der Waals surface area (Å²) in [4.78, 5) is 25.3. The molecule has 0 radical (unpaired) electrons. The van der Waals surface area contributed by atoms with Gasteiger partial charge >= 0.3 is 0 Å². The predicted molar refractivity (Wildman–Crippen MR) is 277 cm³/mol. The van der Waals surface area contributed by atoms with E-state index in [2.05, 4.69) is 126 Å². The standard InChI is InChI=1S/C61H36N6O2/c1-3-11-43-33-45(27-17-37(43)9-1)47-29-31-53-49(35-47)50-36-48(46-28-18-38-10-2-4-12-44(38)34-46)30-32-54(50)67(53)61-65-57(39-19-23-41(24-20-39)59-62-51-13-5-7-15-55(51)68-59)64-58(66-61)40-21-25-42(26-22-40)60-63-52-14-6-8-16-56(52)69-60/h1-36H. The molecule has 14 rings (SSSR count). The van der Waals surface area contributed by atoms with Gasteiger partial charge in [0.15, 0.2) is 22.8 Å². The molecule has 4 aromatic heterocycles. The molecule has 10 aromatic carbocycles. The summed E-state index contributed by atoms with van der Waals surface area (Å²) in [6, 6.07) is 75.4. The van der Waals surface area contributed by atoms with E-state index in [0.717, 1.165) is 88.5 Å². The fraction of sp³-hybridized carbons (Fsp3) is 0. The van der Waals surface area contributed by atoms with Crippen LogP contribution in [0, 0.1) is 0 Å². The maximum atomic E-state index is 6.13. The molecule has 0 atom stereocenters. The third kappa shape index (κ3) is 6.73. The monoisotopic (exact) mass is 884 g/mol. The van der Waals surface area contributed by atoms with Crippen molar-refractivity contribution in [3.05, 3.63) is 218 Å². The van der Waals surface area contributed by atoms with E-state index >= 15 is 0 Å². The summed E-state index contributed by atoms with van der Waals surface area (Å²) in [5, 5.41) is 7.00. The second kappa shape index (κ2) is 15.5. The summed E-state index contributed by atoms with van der Waals surface area (Å²) >= 11 is 0. The maximum Gasteiger partial charge on any atom is 0.238 e. The van der Waals surface area contributed by atoms with E-state index < -0.39 is 0 Å². The van der Waals surface area contributed by atoms with Crippen LogP contribution in [-0.4, -0.2) is 29.5 Å². The minimum Gasteiger partial charge on any atom is -0.436 e. The Morgan fingerprint density at radius 1 is 0.290 bits per heavy atom. The lowest BCUT2D eigenvalue weighted by Crippen LogP contribution is -2.06. The largest absolute Gasteiger partial charge is 0.436 e. The van der Waals surface area contributed by atoms with Crippen molar-refractivity contribution < 1.29 is 8.83 Å². The molecule has 0 spiro atoms. The van der Waals surface area contributed by atoms with Gasteiger partial charge in [-0.2, -0.15) is 9.97 Å². The van der Waals surface area contributed by atoms with E-state index in [1.54, 1.807) is 0 Å². The van der Waals surface area contributed by atoms with Crippen LogP contribution >= 0.6 is 0 Å². The minimum absolute atomic E-state index is 0.498. The molecular weight excluding hydrogens is 849 g/mol.